The number of nitrogens with two attached hydrogens (primary N) is 1. The van der Waals surface area contributed by atoms with Crippen LogP contribution in [0.4, 0.5) is 5.69 Å². The van der Waals surface area contributed by atoms with Crippen molar-refractivity contribution in [1.29, 1.82) is 5.26 Å². The van der Waals surface area contributed by atoms with Crippen molar-refractivity contribution in [2.45, 2.75) is 38.6 Å². The second kappa shape index (κ2) is 11.5. The number of nitriles is 1. The van der Waals surface area contributed by atoms with E-state index in [9.17, 15) is 14.9 Å². The first-order valence-electron chi connectivity index (χ1n) is 14.0. The van der Waals surface area contributed by atoms with Crippen LogP contribution in [0.5, 0.6) is 0 Å². The van der Waals surface area contributed by atoms with Gasteiger partial charge < -0.3 is 15.5 Å². The highest BCUT2D eigenvalue weighted by Gasteiger charge is 2.42. The summed E-state index contributed by atoms with van der Waals surface area (Å²) in [5.74, 6) is -0.307. The lowest BCUT2D eigenvalue weighted by atomic mass is 9.72. The number of hydrogen-bond acceptors (Lipinski definition) is 5. The van der Waals surface area contributed by atoms with E-state index in [1.54, 1.807) is 0 Å². The summed E-state index contributed by atoms with van der Waals surface area (Å²) in [7, 11) is 0. The summed E-state index contributed by atoms with van der Waals surface area (Å²) in [5.41, 5.74) is 11.9. The van der Waals surface area contributed by atoms with Crippen LogP contribution in [0.3, 0.4) is 0 Å². The number of hydrogen-bond donors (Lipinski definition) is 1. The normalized spacial score (nSPS) is 17.3. The fraction of sp³-hybridized carbons (Fsp3) is 0.364. The van der Waals surface area contributed by atoms with Gasteiger partial charge in [0.05, 0.1) is 16.7 Å². The van der Waals surface area contributed by atoms with Gasteiger partial charge in [-0.3, -0.25) is 14.5 Å². The molecule has 0 atom stereocenters. The molecule has 2 fully saturated rings. The number of anilines is 1. The standard InChI is InChI=1S/C33H37N5O2/c1-24-20-25(2)29(31(39)38-14-12-33(13-15-38,32(35)40)28-9-4-3-5-10-28)21-27(24)23-36-16-18-37(19-17-36)30-11-7-6-8-26(30)22-34/h3-11,20-21H,12-19,23H2,1-2H3,(H2,35,40). The molecule has 206 valence electrons. The summed E-state index contributed by atoms with van der Waals surface area (Å²) in [5, 5.41) is 9.48. The number of para-hydroxylation sites is 1. The van der Waals surface area contributed by atoms with Gasteiger partial charge in [0.1, 0.15) is 6.07 Å². The Balaban J connectivity index is 1.26. The molecule has 0 bridgehead atoms. The van der Waals surface area contributed by atoms with E-state index in [-0.39, 0.29) is 11.8 Å². The molecule has 0 radical (unpaired) electrons. The number of amides is 2. The third-order valence-corrected chi connectivity index (χ3v) is 8.75. The number of carbonyl (C=O) groups is 2. The summed E-state index contributed by atoms with van der Waals surface area (Å²) in [6, 6.07) is 24.0. The zero-order chi connectivity index (χ0) is 28.3. The van der Waals surface area contributed by atoms with Gasteiger partial charge in [-0.05, 0) is 67.1 Å². The molecule has 0 saturated carbocycles. The van der Waals surface area contributed by atoms with Crippen molar-refractivity contribution in [1.82, 2.24) is 9.80 Å². The molecule has 5 rings (SSSR count). The number of piperazine rings is 1. The Hall–Kier alpha value is -4.15. The zero-order valence-electron chi connectivity index (χ0n) is 23.4. The second-order valence-corrected chi connectivity index (χ2v) is 11.1. The molecule has 0 spiro atoms. The SMILES string of the molecule is Cc1cc(C)c(C(=O)N2CCC(C(N)=O)(c3ccccc3)CC2)cc1CN1CCN(c2ccccc2C#N)CC1. The number of benzene rings is 3. The Morgan fingerprint density at radius 3 is 2.17 bits per heavy atom. The molecule has 2 saturated heterocycles. The monoisotopic (exact) mass is 535 g/mol. The molecule has 3 aromatic rings. The van der Waals surface area contributed by atoms with E-state index < -0.39 is 5.41 Å². The van der Waals surface area contributed by atoms with Gasteiger partial charge in [-0.25, -0.2) is 0 Å². The number of nitrogens with zero attached hydrogens (tertiary/aromatic N) is 4. The molecule has 0 aromatic heterocycles. The second-order valence-electron chi connectivity index (χ2n) is 11.1. The van der Waals surface area contributed by atoms with Crippen LogP contribution in [-0.2, 0) is 16.8 Å². The lowest BCUT2D eigenvalue weighted by Crippen LogP contribution is -2.51. The van der Waals surface area contributed by atoms with Crippen molar-refractivity contribution in [3.63, 3.8) is 0 Å². The third-order valence-electron chi connectivity index (χ3n) is 8.75. The quantitative estimate of drug-likeness (QED) is 0.512. The number of likely N-dealkylation sites (tertiary alicyclic amines) is 1. The first-order valence-corrected chi connectivity index (χ1v) is 14.0. The summed E-state index contributed by atoms with van der Waals surface area (Å²) in [6.45, 7) is 9.34. The van der Waals surface area contributed by atoms with Gasteiger partial charge in [0.25, 0.3) is 5.91 Å². The predicted octanol–water partition coefficient (Wildman–Crippen LogP) is 4.16. The smallest absolute Gasteiger partial charge is 0.254 e. The molecule has 3 aromatic carbocycles. The van der Waals surface area contributed by atoms with Gasteiger partial charge in [-0.15, -0.1) is 0 Å². The number of carbonyl (C=O) groups excluding carboxylic acids is 2. The Morgan fingerprint density at radius 1 is 0.875 bits per heavy atom. The van der Waals surface area contributed by atoms with Crippen LogP contribution in [0.25, 0.3) is 0 Å². The highest BCUT2D eigenvalue weighted by molar-refractivity contribution is 5.96. The minimum atomic E-state index is -0.735. The molecule has 0 unspecified atom stereocenters. The van der Waals surface area contributed by atoms with Crippen LogP contribution in [0.2, 0.25) is 0 Å². The lowest BCUT2D eigenvalue weighted by Gasteiger charge is -2.40. The van der Waals surface area contributed by atoms with Crippen molar-refractivity contribution < 1.29 is 9.59 Å². The third kappa shape index (κ3) is 5.32. The summed E-state index contributed by atoms with van der Waals surface area (Å²) in [6.07, 6.45) is 1.05. The highest BCUT2D eigenvalue weighted by Crippen LogP contribution is 2.36. The van der Waals surface area contributed by atoms with E-state index in [0.29, 0.717) is 31.5 Å². The molecule has 7 heteroatoms. The fourth-order valence-electron chi connectivity index (χ4n) is 6.23. The maximum absolute atomic E-state index is 13.7. The topological polar surface area (TPSA) is 93.7 Å². The fourth-order valence-corrected chi connectivity index (χ4v) is 6.23. The predicted molar refractivity (Wildman–Crippen MR) is 157 cm³/mol. The molecular formula is C33H37N5O2. The van der Waals surface area contributed by atoms with Crippen molar-refractivity contribution in [3.8, 4) is 6.07 Å². The minimum absolute atomic E-state index is 0.0165. The number of piperidine rings is 1. The van der Waals surface area contributed by atoms with Crippen LogP contribution in [-0.4, -0.2) is 60.9 Å². The summed E-state index contributed by atoms with van der Waals surface area (Å²) >= 11 is 0. The molecule has 2 aliphatic rings. The van der Waals surface area contributed by atoms with Crippen molar-refractivity contribution in [3.05, 3.63) is 100 Å². The first-order chi connectivity index (χ1) is 19.3. The summed E-state index contributed by atoms with van der Waals surface area (Å²) < 4.78 is 0. The van der Waals surface area contributed by atoms with Gasteiger partial charge in [-0.2, -0.15) is 5.26 Å². The van der Waals surface area contributed by atoms with Crippen molar-refractivity contribution in [2.75, 3.05) is 44.2 Å². The highest BCUT2D eigenvalue weighted by atomic mass is 16.2. The first kappa shape index (κ1) is 27.4. The lowest BCUT2D eigenvalue weighted by molar-refractivity contribution is -0.125. The largest absolute Gasteiger partial charge is 0.369 e. The Kier molecular flexibility index (Phi) is 7.90. The maximum Gasteiger partial charge on any atom is 0.254 e. The van der Waals surface area contributed by atoms with E-state index in [4.69, 9.17) is 5.73 Å². The average molecular weight is 536 g/mol. The van der Waals surface area contributed by atoms with Crippen molar-refractivity contribution >= 4 is 17.5 Å². The van der Waals surface area contributed by atoms with E-state index in [1.165, 1.54) is 5.56 Å². The molecule has 0 aliphatic carbocycles. The Bertz CT molecular complexity index is 1430. The minimum Gasteiger partial charge on any atom is -0.369 e. The van der Waals surface area contributed by atoms with E-state index >= 15 is 0 Å². The van der Waals surface area contributed by atoms with Crippen molar-refractivity contribution in [2.24, 2.45) is 5.73 Å². The van der Waals surface area contributed by atoms with Crippen LogP contribution in [0.15, 0.2) is 66.7 Å². The molecule has 2 amide bonds. The zero-order valence-corrected chi connectivity index (χ0v) is 23.4. The van der Waals surface area contributed by atoms with Gasteiger partial charge in [0.15, 0.2) is 0 Å². The van der Waals surface area contributed by atoms with E-state index in [0.717, 1.165) is 60.7 Å². The van der Waals surface area contributed by atoms with Gasteiger partial charge in [0.2, 0.25) is 5.91 Å². The van der Waals surface area contributed by atoms with Crippen LogP contribution in [0.1, 0.15) is 51.0 Å². The number of primary amides is 1. The number of rotatable bonds is 6. The van der Waals surface area contributed by atoms with E-state index in [1.807, 2.05) is 66.4 Å². The molecule has 2 N–H and O–H groups in total. The van der Waals surface area contributed by atoms with Crippen LogP contribution < -0.4 is 10.6 Å². The Morgan fingerprint density at radius 2 is 1.52 bits per heavy atom. The van der Waals surface area contributed by atoms with Gasteiger partial charge in [-0.1, -0.05) is 48.5 Å². The maximum atomic E-state index is 13.7. The molecular weight excluding hydrogens is 498 g/mol. The van der Waals surface area contributed by atoms with Gasteiger partial charge in [0, 0.05) is 51.4 Å². The average Bonchev–Trinajstić information content (AvgIpc) is 2.99. The summed E-state index contributed by atoms with van der Waals surface area (Å²) in [4.78, 5) is 32.9. The molecule has 40 heavy (non-hydrogen) atoms. The van der Waals surface area contributed by atoms with Crippen LogP contribution >= 0.6 is 0 Å². The van der Waals surface area contributed by atoms with Crippen LogP contribution in [0, 0.1) is 25.2 Å². The molecule has 2 heterocycles. The van der Waals surface area contributed by atoms with Gasteiger partial charge >= 0.3 is 0 Å². The molecule has 2 aliphatic heterocycles. The molecule has 7 nitrogen and oxygen atoms in total. The van der Waals surface area contributed by atoms with E-state index in [2.05, 4.69) is 34.9 Å². The number of aryl methyl sites for hydroxylation is 2. The Labute approximate surface area is 236 Å².